The van der Waals surface area contributed by atoms with Crippen molar-refractivity contribution >= 4 is 22.9 Å². The average Bonchev–Trinajstić information content (AvgIpc) is 2.27. The van der Waals surface area contributed by atoms with Crippen LogP contribution in [0.2, 0.25) is 0 Å². The van der Waals surface area contributed by atoms with Crippen LogP contribution in [-0.4, -0.2) is 18.3 Å². The molecule has 0 atom stereocenters. The molecule has 0 spiro atoms. The summed E-state index contributed by atoms with van der Waals surface area (Å²) in [6.07, 6.45) is 2.50. The number of nitrogens with one attached hydrogen (secondary N) is 1. The Morgan fingerprint density at radius 3 is 2.93 bits per heavy atom. The normalized spacial score (nSPS) is 10.1. The number of nitrogens with zero attached hydrogens (tertiary/aromatic N) is 1. The van der Waals surface area contributed by atoms with Crippen molar-refractivity contribution in [1.82, 2.24) is 4.98 Å². The standard InChI is InChI=1S/C11H10N2O/c1-12-10-4-2-3-9-8(7-14)5-6-13-11(9)10/h2-7,12H,1H3. The van der Waals surface area contributed by atoms with Gasteiger partial charge >= 0.3 is 0 Å². The molecule has 0 aliphatic rings. The van der Waals surface area contributed by atoms with E-state index in [2.05, 4.69) is 10.3 Å². The summed E-state index contributed by atoms with van der Waals surface area (Å²) in [7, 11) is 1.84. The quantitative estimate of drug-likeness (QED) is 0.730. The van der Waals surface area contributed by atoms with Crippen LogP contribution in [0.25, 0.3) is 10.9 Å². The minimum Gasteiger partial charge on any atom is -0.386 e. The number of carbonyl (C=O) groups is 1. The molecule has 1 heterocycles. The molecule has 2 aromatic rings. The first-order valence-electron chi connectivity index (χ1n) is 4.37. The van der Waals surface area contributed by atoms with Crippen molar-refractivity contribution in [1.29, 1.82) is 0 Å². The van der Waals surface area contributed by atoms with Crippen molar-refractivity contribution in [3.05, 3.63) is 36.0 Å². The minimum absolute atomic E-state index is 0.673. The topological polar surface area (TPSA) is 42.0 Å². The van der Waals surface area contributed by atoms with Gasteiger partial charge in [-0.25, -0.2) is 0 Å². The zero-order valence-corrected chi connectivity index (χ0v) is 7.82. The van der Waals surface area contributed by atoms with Crippen LogP contribution in [-0.2, 0) is 0 Å². The SMILES string of the molecule is CNc1cccc2c(C=O)ccnc12. The van der Waals surface area contributed by atoms with Gasteiger partial charge < -0.3 is 5.32 Å². The van der Waals surface area contributed by atoms with Crippen molar-refractivity contribution in [2.45, 2.75) is 0 Å². The van der Waals surface area contributed by atoms with Crippen molar-refractivity contribution in [3.8, 4) is 0 Å². The summed E-state index contributed by atoms with van der Waals surface area (Å²) in [6.45, 7) is 0. The number of carbonyl (C=O) groups excluding carboxylic acids is 1. The van der Waals surface area contributed by atoms with E-state index in [1.807, 2.05) is 25.2 Å². The number of hydrogen-bond donors (Lipinski definition) is 1. The maximum absolute atomic E-state index is 10.8. The molecule has 0 aliphatic heterocycles. The summed E-state index contributed by atoms with van der Waals surface area (Å²) in [5, 5.41) is 3.93. The summed E-state index contributed by atoms with van der Waals surface area (Å²) < 4.78 is 0. The Kier molecular flexibility index (Phi) is 2.14. The second kappa shape index (κ2) is 3.46. The first-order chi connectivity index (χ1) is 6.86. The Hall–Kier alpha value is -1.90. The second-order valence-corrected chi connectivity index (χ2v) is 2.97. The molecule has 1 aromatic carbocycles. The molecule has 3 nitrogen and oxygen atoms in total. The van der Waals surface area contributed by atoms with Crippen molar-refractivity contribution in [2.75, 3.05) is 12.4 Å². The van der Waals surface area contributed by atoms with E-state index >= 15 is 0 Å². The van der Waals surface area contributed by atoms with Crippen LogP contribution in [0.3, 0.4) is 0 Å². The van der Waals surface area contributed by atoms with Gasteiger partial charge in [0.25, 0.3) is 0 Å². The fourth-order valence-electron chi connectivity index (χ4n) is 1.50. The highest BCUT2D eigenvalue weighted by Gasteiger charge is 2.03. The van der Waals surface area contributed by atoms with Gasteiger partial charge in [0.2, 0.25) is 0 Å². The molecular formula is C11H10N2O. The van der Waals surface area contributed by atoms with Gasteiger partial charge in [-0.2, -0.15) is 0 Å². The van der Waals surface area contributed by atoms with Crippen LogP contribution in [0.1, 0.15) is 10.4 Å². The molecule has 14 heavy (non-hydrogen) atoms. The van der Waals surface area contributed by atoms with Crippen LogP contribution < -0.4 is 5.32 Å². The molecule has 2 rings (SSSR count). The van der Waals surface area contributed by atoms with E-state index in [1.54, 1.807) is 12.3 Å². The average molecular weight is 186 g/mol. The summed E-state index contributed by atoms with van der Waals surface area (Å²) in [5.41, 5.74) is 2.44. The minimum atomic E-state index is 0.673. The van der Waals surface area contributed by atoms with Gasteiger partial charge in [-0.15, -0.1) is 0 Å². The fourth-order valence-corrected chi connectivity index (χ4v) is 1.50. The molecule has 0 saturated heterocycles. The van der Waals surface area contributed by atoms with Gasteiger partial charge in [-0.3, -0.25) is 9.78 Å². The van der Waals surface area contributed by atoms with Gasteiger partial charge in [0, 0.05) is 24.2 Å². The zero-order chi connectivity index (χ0) is 9.97. The number of pyridine rings is 1. The summed E-state index contributed by atoms with van der Waals surface area (Å²) >= 11 is 0. The lowest BCUT2D eigenvalue weighted by molar-refractivity contribution is 0.112. The number of hydrogen-bond acceptors (Lipinski definition) is 3. The maximum atomic E-state index is 10.8. The van der Waals surface area contributed by atoms with E-state index < -0.39 is 0 Å². The number of aromatic nitrogens is 1. The first-order valence-corrected chi connectivity index (χ1v) is 4.37. The number of anilines is 1. The molecule has 70 valence electrons. The summed E-state index contributed by atoms with van der Waals surface area (Å²) in [6, 6.07) is 7.45. The van der Waals surface area contributed by atoms with E-state index in [9.17, 15) is 4.79 Å². The first kappa shape index (κ1) is 8.69. The molecule has 1 aromatic heterocycles. The molecular weight excluding hydrogens is 176 g/mol. The van der Waals surface area contributed by atoms with E-state index in [1.165, 1.54) is 0 Å². The molecule has 3 heteroatoms. The number of benzene rings is 1. The highest BCUT2D eigenvalue weighted by atomic mass is 16.1. The number of aldehydes is 1. The molecule has 0 amide bonds. The molecule has 0 aliphatic carbocycles. The largest absolute Gasteiger partial charge is 0.386 e. The number of fused-ring (bicyclic) bond motifs is 1. The van der Waals surface area contributed by atoms with E-state index in [0.29, 0.717) is 5.56 Å². The lowest BCUT2D eigenvalue weighted by Gasteiger charge is -2.05. The lowest BCUT2D eigenvalue weighted by atomic mass is 10.1. The molecule has 0 unspecified atom stereocenters. The monoisotopic (exact) mass is 186 g/mol. The van der Waals surface area contributed by atoms with Crippen LogP contribution in [0, 0.1) is 0 Å². The predicted octanol–water partition coefficient (Wildman–Crippen LogP) is 2.09. The highest BCUT2D eigenvalue weighted by Crippen LogP contribution is 2.22. The third-order valence-corrected chi connectivity index (χ3v) is 2.20. The van der Waals surface area contributed by atoms with E-state index in [4.69, 9.17) is 0 Å². The Balaban J connectivity index is 2.84. The van der Waals surface area contributed by atoms with Gasteiger partial charge in [0.1, 0.15) is 0 Å². The molecule has 0 fully saturated rings. The third kappa shape index (κ3) is 1.23. The van der Waals surface area contributed by atoms with Gasteiger partial charge in [-0.1, -0.05) is 12.1 Å². The fraction of sp³-hybridized carbons (Fsp3) is 0.0909. The van der Waals surface area contributed by atoms with Gasteiger partial charge in [0.15, 0.2) is 6.29 Å². The Morgan fingerprint density at radius 2 is 2.21 bits per heavy atom. The van der Waals surface area contributed by atoms with Crippen LogP contribution in [0.15, 0.2) is 30.5 Å². The van der Waals surface area contributed by atoms with Crippen LogP contribution >= 0.6 is 0 Å². The molecule has 0 saturated carbocycles. The Bertz CT molecular complexity index is 480. The van der Waals surface area contributed by atoms with Crippen LogP contribution in [0.5, 0.6) is 0 Å². The van der Waals surface area contributed by atoms with Crippen molar-refractivity contribution < 1.29 is 4.79 Å². The Morgan fingerprint density at radius 1 is 1.36 bits per heavy atom. The molecule has 0 bridgehead atoms. The third-order valence-electron chi connectivity index (χ3n) is 2.20. The lowest BCUT2D eigenvalue weighted by Crippen LogP contribution is -1.93. The number of rotatable bonds is 2. The predicted molar refractivity (Wildman–Crippen MR) is 56.7 cm³/mol. The second-order valence-electron chi connectivity index (χ2n) is 2.97. The van der Waals surface area contributed by atoms with Gasteiger partial charge in [-0.05, 0) is 12.1 Å². The maximum Gasteiger partial charge on any atom is 0.150 e. The van der Waals surface area contributed by atoms with Crippen molar-refractivity contribution in [2.24, 2.45) is 0 Å². The highest BCUT2D eigenvalue weighted by molar-refractivity contribution is 6.00. The molecule has 0 radical (unpaired) electrons. The van der Waals surface area contributed by atoms with Gasteiger partial charge in [0.05, 0.1) is 11.2 Å². The van der Waals surface area contributed by atoms with E-state index in [-0.39, 0.29) is 0 Å². The molecule has 1 N–H and O–H groups in total. The van der Waals surface area contributed by atoms with E-state index in [0.717, 1.165) is 22.9 Å². The Labute approximate surface area is 81.8 Å². The smallest absolute Gasteiger partial charge is 0.150 e. The summed E-state index contributed by atoms with van der Waals surface area (Å²) in [4.78, 5) is 15.0. The number of para-hydroxylation sites is 1. The summed E-state index contributed by atoms with van der Waals surface area (Å²) in [5.74, 6) is 0. The zero-order valence-electron chi connectivity index (χ0n) is 7.82. The van der Waals surface area contributed by atoms with Crippen molar-refractivity contribution in [3.63, 3.8) is 0 Å². The van der Waals surface area contributed by atoms with Crippen LogP contribution in [0.4, 0.5) is 5.69 Å².